The molecule has 2 aromatic rings. The van der Waals surface area contributed by atoms with Gasteiger partial charge in [-0.15, -0.1) is 0 Å². The Bertz CT molecular complexity index is 583. The smallest absolute Gasteiger partial charge is 0.147 e. The number of anilines is 1. The molecule has 4 nitrogen and oxygen atoms in total. The van der Waals surface area contributed by atoms with Gasteiger partial charge in [-0.3, -0.25) is 0 Å². The first-order chi connectivity index (χ1) is 8.74. The lowest BCUT2D eigenvalue weighted by atomic mass is 10.2. The Balaban J connectivity index is 2.09. The van der Waals surface area contributed by atoms with E-state index in [1.54, 1.807) is 18.3 Å². The molecule has 1 N–H and O–H groups in total. The van der Waals surface area contributed by atoms with Crippen LogP contribution in [0, 0.1) is 17.1 Å². The van der Waals surface area contributed by atoms with Crippen LogP contribution in [0.3, 0.4) is 0 Å². The predicted molar refractivity (Wildman–Crippen MR) is 66.3 cm³/mol. The van der Waals surface area contributed by atoms with Crippen LogP contribution in [0.25, 0.3) is 0 Å². The van der Waals surface area contributed by atoms with Crippen LogP contribution in [-0.2, 0) is 13.1 Å². The first-order valence-electron chi connectivity index (χ1n) is 5.68. The van der Waals surface area contributed by atoms with Gasteiger partial charge < -0.3 is 9.88 Å². The summed E-state index contributed by atoms with van der Waals surface area (Å²) in [7, 11) is 0. The van der Waals surface area contributed by atoms with Gasteiger partial charge in [0.2, 0.25) is 0 Å². The summed E-state index contributed by atoms with van der Waals surface area (Å²) in [5.74, 6) is 0.421. The fourth-order valence-electron chi connectivity index (χ4n) is 1.70. The van der Waals surface area contributed by atoms with E-state index in [1.165, 1.54) is 6.07 Å². The summed E-state index contributed by atoms with van der Waals surface area (Å²) < 4.78 is 15.6. The van der Waals surface area contributed by atoms with Crippen molar-refractivity contribution in [3.05, 3.63) is 47.8 Å². The van der Waals surface area contributed by atoms with E-state index in [-0.39, 0.29) is 0 Å². The first kappa shape index (κ1) is 12.1. The molecule has 0 aliphatic heterocycles. The number of halogens is 1. The van der Waals surface area contributed by atoms with Gasteiger partial charge in [-0.25, -0.2) is 9.37 Å². The van der Waals surface area contributed by atoms with Crippen molar-refractivity contribution >= 4 is 5.69 Å². The largest absolute Gasteiger partial charge is 0.375 e. The van der Waals surface area contributed by atoms with Crippen molar-refractivity contribution in [3.8, 4) is 6.07 Å². The van der Waals surface area contributed by atoms with Crippen LogP contribution in [0.5, 0.6) is 0 Å². The zero-order chi connectivity index (χ0) is 13.0. The molecule has 0 aliphatic carbocycles. The average molecular weight is 244 g/mol. The van der Waals surface area contributed by atoms with Crippen molar-refractivity contribution in [2.75, 3.05) is 5.32 Å². The van der Waals surface area contributed by atoms with Crippen LogP contribution in [-0.4, -0.2) is 9.55 Å². The predicted octanol–water partition coefficient (Wildman–Crippen LogP) is 2.53. The van der Waals surface area contributed by atoms with Gasteiger partial charge in [0.15, 0.2) is 0 Å². The Kier molecular flexibility index (Phi) is 3.58. The Labute approximate surface area is 105 Å². The molecule has 1 aromatic heterocycles. The van der Waals surface area contributed by atoms with E-state index in [9.17, 15) is 4.39 Å². The van der Waals surface area contributed by atoms with Gasteiger partial charge >= 0.3 is 0 Å². The maximum absolute atomic E-state index is 13.6. The molecule has 18 heavy (non-hydrogen) atoms. The lowest BCUT2D eigenvalue weighted by Gasteiger charge is -2.08. The third kappa shape index (κ3) is 2.48. The molecule has 1 aromatic carbocycles. The number of nitrogens with one attached hydrogen (secondary N) is 1. The summed E-state index contributed by atoms with van der Waals surface area (Å²) in [5, 5.41) is 11.6. The van der Waals surface area contributed by atoms with Gasteiger partial charge in [0, 0.05) is 18.9 Å². The fraction of sp³-hybridized carbons (Fsp3) is 0.231. The molecule has 5 heteroatoms. The number of hydrogen-bond acceptors (Lipinski definition) is 3. The van der Waals surface area contributed by atoms with Crippen LogP contribution in [0.15, 0.2) is 30.6 Å². The molecule has 0 atom stereocenters. The summed E-state index contributed by atoms with van der Waals surface area (Å²) in [5.41, 5.74) is 0.688. The summed E-state index contributed by atoms with van der Waals surface area (Å²) in [6.07, 6.45) is 3.60. The zero-order valence-electron chi connectivity index (χ0n) is 10.0. The molecule has 0 amide bonds. The van der Waals surface area contributed by atoms with Gasteiger partial charge in [0.1, 0.15) is 11.6 Å². The van der Waals surface area contributed by atoms with Crippen LogP contribution >= 0.6 is 0 Å². The standard InChI is InChI=1S/C13H13FN4/c1-2-18-6-5-16-13(18)9-17-12-4-3-10(8-15)7-11(12)14/h3-7,17H,2,9H2,1H3. The maximum Gasteiger partial charge on any atom is 0.147 e. The molecule has 0 aliphatic rings. The van der Waals surface area contributed by atoms with Crippen molar-refractivity contribution < 1.29 is 4.39 Å². The van der Waals surface area contributed by atoms with Gasteiger partial charge in [-0.05, 0) is 25.1 Å². The van der Waals surface area contributed by atoms with Crippen LogP contribution in [0.1, 0.15) is 18.3 Å². The van der Waals surface area contributed by atoms with E-state index >= 15 is 0 Å². The molecule has 0 spiro atoms. The highest BCUT2D eigenvalue weighted by atomic mass is 19.1. The lowest BCUT2D eigenvalue weighted by molar-refractivity contribution is 0.628. The monoisotopic (exact) mass is 244 g/mol. The number of aromatic nitrogens is 2. The quantitative estimate of drug-likeness (QED) is 0.899. The maximum atomic E-state index is 13.6. The summed E-state index contributed by atoms with van der Waals surface area (Å²) in [6.45, 7) is 3.30. The van der Waals surface area contributed by atoms with Crippen molar-refractivity contribution in [1.82, 2.24) is 9.55 Å². The second kappa shape index (κ2) is 5.32. The number of benzene rings is 1. The van der Waals surface area contributed by atoms with E-state index < -0.39 is 5.82 Å². The highest BCUT2D eigenvalue weighted by Crippen LogP contribution is 2.16. The number of rotatable bonds is 4. The van der Waals surface area contributed by atoms with E-state index in [4.69, 9.17) is 5.26 Å². The Hall–Kier alpha value is -2.35. The molecular formula is C13H13FN4. The van der Waals surface area contributed by atoms with Crippen molar-refractivity contribution in [3.63, 3.8) is 0 Å². The third-order valence-electron chi connectivity index (χ3n) is 2.68. The minimum absolute atomic E-state index is 0.313. The van der Waals surface area contributed by atoms with E-state index in [0.717, 1.165) is 12.4 Å². The first-order valence-corrected chi connectivity index (χ1v) is 5.68. The third-order valence-corrected chi connectivity index (χ3v) is 2.68. The van der Waals surface area contributed by atoms with Crippen molar-refractivity contribution in [2.45, 2.75) is 20.0 Å². The molecule has 1 heterocycles. The molecule has 0 saturated carbocycles. The molecule has 92 valence electrons. The second-order valence-corrected chi connectivity index (χ2v) is 3.79. The molecule has 0 bridgehead atoms. The Morgan fingerprint density at radius 2 is 2.33 bits per heavy atom. The number of imidazole rings is 1. The topological polar surface area (TPSA) is 53.6 Å². The minimum atomic E-state index is -0.427. The summed E-state index contributed by atoms with van der Waals surface area (Å²) >= 11 is 0. The highest BCUT2D eigenvalue weighted by Gasteiger charge is 2.05. The Morgan fingerprint density at radius 1 is 1.50 bits per heavy atom. The van der Waals surface area contributed by atoms with E-state index in [2.05, 4.69) is 10.3 Å². The van der Waals surface area contributed by atoms with Crippen molar-refractivity contribution in [2.24, 2.45) is 0 Å². The summed E-state index contributed by atoms with van der Waals surface area (Å²) in [6, 6.07) is 6.26. The number of hydrogen-bond donors (Lipinski definition) is 1. The molecular weight excluding hydrogens is 231 g/mol. The Morgan fingerprint density at radius 3 is 3.00 bits per heavy atom. The number of nitriles is 1. The molecule has 0 fully saturated rings. The van der Waals surface area contributed by atoms with Crippen molar-refractivity contribution in [1.29, 1.82) is 5.26 Å². The molecule has 0 saturated heterocycles. The second-order valence-electron chi connectivity index (χ2n) is 3.79. The normalized spacial score (nSPS) is 10.1. The van der Waals surface area contributed by atoms with Gasteiger partial charge in [-0.1, -0.05) is 0 Å². The van der Waals surface area contributed by atoms with Crippen LogP contribution in [0.2, 0.25) is 0 Å². The van der Waals surface area contributed by atoms with Gasteiger partial charge in [0.25, 0.3) is 0 Å². The molecule has 0 radical (unpaired) electrons. The van der Waals surface area contributed by atoms with E-state index in [0.29, 0.717) is 17.8 Å². The highest BCUT2D eigenvalue weighted by molar-refractivity contribution is 5.48. The van der Waals surface area contributed by atoms with Gasteiger partial charge in [0.05, 0.1) is 23.9 Å². The average Bonchev–Trinajstić information content (AvgIpc) is 2.84. The molecule has 0 unspecified atom stereocenters. The van der Waals surface area contributed by atoms with Crippen LogP contribution in [0.4, 0.5) is 10.1 Å². The minimum Gasteiger partial charge on any atom is -0.375 e. The number of aryl methyl sites for hydroxylation is 1. The fourth-order valence-corrected chi connectivity index (χ4v) is 1.70. The zero-order valence-corrected chi connectivity index (χ0v) is 10.0. The summed E-state index contributed by atoms with van der Waals surface area (Å²) in [4.78, 5) is 4.19. The van der Waals surface area contributed by atoms with E-state index in [1.807, 2.05) is 23.8 Å². The lowest BCUT2D eigenvalue weighted by Crippen LogP contribution is -2.08. The van der Waals surface area contributed by atoms with Gasteiger partial charge in [-0.2, -0.15) is 5.26 Å². The van der Waals surface area contributed by atoms with Crippen LogP contribution < -0.4 is 5.32 Å². The molecule has 2 rings (SSSR count). The SMILES string of the molecule is CCn1ccnc1CNc1ccc(C#N)cc1F. The number of nitrogens with zero attached hydrogens (tertiary/aromatic N) is 3.